The highest BCUT2D eigenvalue weighted by molar-refractivity contribution is 7.80. The molecule has 2 rings (SSSR count). The smallest absolute Gasteiger partial charge is 0.182 e. The normalized spacial score (nSPS) is 10.3. The summed E-state index contributed by atoms with van der Waals surface area (Å²) in [5.41, 5.74) is 6.13. The van der Waals surface area contributed by atoms with E-state index in [1.807, 2.05) is 12.1 Å². The van der Waals surface area contributed by atoms with Crippen molar-refractivity contribution in [2.24, 2.45) is 5.73 Å². The molecule has 2 aromatic rings. The molecule has 6 heteroatoms. The second-order valence-electron chi connectivity index (χ2n) is 4.30. The molecule has 104 valence electrons. The monoisotopic (exact) mass is 293 g/mol. The van der Waals surface area contributed by atoms with Crippen molar-refractivity contribution in [2.45, 2.75) is 6.54 Å². The largest absolute Gasteiger partial charge is 0.389 e. The molecule has 0 atom stereocenters. The van der Waals surface area contributed by atoms with Crippen molar-refractivity contribution in [3.05, 3.63) is 59.4 Å². The Bertz CT molecular complexity index is 632. The first-order chi connectivity index (χ1) is 9.50. The lowest BCUT2D eigenvalue weighted by Gasteiger charge is -2.20. The summed E-state index contributed by atoms with van der Waals surface area (Å²) in [6.45, 7) is 0.365. The van der Waals surface area contributed by atoms with Gasteiger partial charge in [0.1, 0.15) is 4.99 Å². The Hall–Kier alpha value is -2.08. The second-order valence-corrected chi connectivity index (χ2v) is 4.74. The van der Waals surface area contributed by atoms with Gasteiger partial charge in [-0.25, -0.2) is 8.78 Å². The maximum atomic E-state index is 14.0. The average Bonchev–Trinajstić information content (AvgIpc) is 2.42. The standard InChI is InChI=1S/C14H13F2N3S/c1-19(8-9-4-2-3-7-18-9)11-6-5-10(14(17)20)12(15)13(11)16/h2-7H,8H2,1H3,(H2,17,20). The Morgan fingerprint density at radius 3 is 2.60 bits per heavy atom. The Labute approximate surface area is 121 Å². The lowest BCUT2D eigenvalue weighted by atomic mass is 10.1. The number of thiocarbonyl (C=S) groups is 1. The molecule has 0 spiro atoms. The molecule has 0 radical (unpaired) electrons. The summed E-state index contributed by atoms with van der Waals surface area (Å²) in [6.07, 6.45) is 1.65. The molecule has 0 aliphatic heterocycles. The summed E-state index contributed by atoms with van der Waals surface area (Å²) in [6, 6.07) is 8.28. The lowest BCUT2D eigenvalue weighted by molar-refractivity contribution is 0.506. The van der Waals surface area contributed by atoms with Crippen molar-refractivity contribution in [3.63, 3.8) is 0 Å². The van der Waals surface area contributed by atoms with E-state index in [0.717, 1.165) is 5.69 Å². The first kappa shape index (κ1) is 14.3. The van der Waals surface area contributed by atoms with E-state index < -0.39 is 11.6 Å². The quantitative estimate of drug-likeness (QED) is 0.880. The molecular formula is C14H13F2N3S. The van der Waals surface area contributed by atoms with Gasteiger partial charge in [-0.3, -0.25) is 4.98 Å². The van der Waals surface area contributed by atoms with Crippen LogP contribution in [0.15, 0.2) is 36.5 Å². The minimum atomic E-state index is -1.03. The van der Waals surface area contributed by atoms with Gasteiger partial charge in [0.2, 0.25) is 0 Å². The van der Waals surface area contributed by atoms with Gasteiger partial charge in [-0.15, -0.1) is 0 Å². The maximum absolute atomic E-state index is 14.0. The van der Waals surface area contributed by atoms with E-state index >= 15 is 0 Å². The third kappa shape index (κ3) is 2.91. The molecule has 1 heterocycles. The minimum Gasteiger partial charge on any atom is -0.389 e. The topological polar surface area (TPSA) is 42.2 Å². The second kappa shape index (κ2) is 5.92. The van der Waals surface area contributed by atoms with Crippen LogP contribution in [0.1, 0.15) is 11.3 Å². The van der Waals surface area contributed by atoms with E-state index in [0.29, 0.717) is 6.54 Å². The van der Waals surface area contributed by atoms with E-state index in [2.05, 4.69) is 17.2 Å². The molecule has 0 amide bonds. The molecule has 0 aliphatic carbocycles. The van der Waals surface area contributed by atoms with Gasteiger partial charge in [0.05, 0.1) is 17.9 Å². The van der Waals surface area contributed by atoms with Gasteiger partial charge in [0.25, 0.3) is 0 Å². The van der Waals surface area contributed by atoms with Crippen molar-refractivity contribution in [3.8, 4) is 0 Å². The van der Waals surface area contributed by atoms with Gasteiger partial charge in [-0.2, -0.15) is 0 Å². The number of hydrogen-bond donors (Lipinski definition) is 1. The van der Waals surface area contributed by atoms with Crippen LogP contribution >= 0.6 is 12.2 Å². The van der Waals surface area contributed by atoms with Crippen molar-refractivity contribution >= 4 is 22.9 Å². The van der Waals surface area contributed by atoms with Crippen LogP contribution in [-0.4, -0.2) is 17.0 Å². The molecule has 0 saturated heterocycles. The van der Waals surface area contributed by atoms with Crippen LogP contribution in [-0.2, 0) is 6.54 Å². The zero-order valence-electron chi connectivity index (χ0n) is 10.8. The van der Waals surface area contributed by atoms with E-state index in [1.54, 1.807) is 24.2 Å². The highest BCUT2D eigenvalue weighted by atomic mass is 32.1. The summed E-state index contributed by atoms with van der Waals surface area (Å²) in [4.78, 5) is 5.55. The van der Waals surface area contributed by atoms with Crippen molar-refractivity contribution in [1.29, 1.82) is 0 Å². The van der Waals surface area contributed by atoms with Gasteiger partial charge in [0, 0.05) is 18.8 Å². The molecule has 0 fully saturated rings. The number of aromatic nitrogens is 1. The molecule has 0 bridgehead atoms. The summed E-state index contributed by atoms with van der Waals surface area (Å²) in [5, 5.41) is 0. The highest BCUT2D eigenvalue weighted by Gasteiger charge is 2.17. The van der Waals surface area contributed by atoms with Crippen molar-refractivity contribution < 1.29 is 8.78 Å². The van der Waals surface area contributed by atoms with E-state index in [-0.39, 0.29) is 16.2 Å². The van der Waals surface area contributed by atoms with E-state index in [1.165, 1.54) is 12.1 Å². The van der Waals surface area contributed by atoms with Crippen LogP contribution in [0.25, 0.3) is 0 Å². The summed E-state index contributed by atoms with van der Waals surface area (Å²) in [7, 11) is 1.66. The molecule has 1 aromatic heterocycles. The zero-order chi connectivity index (χ0) is 14.7. The van der Waals surface area contributed by atoms with E-state index in [9.17, 15) is 8.78 Å². The average molecular weight is 293 g/mol. The van der Waals surface area contributed by atoms with Gasteiger partial charge in [-0.05, 0) is 24.3 Å². The fraction of sp³-hybridized carbons (Fsp3) is 0.143. The molecule has 0 unspecified atom stereocenters. The number of rotatable bonds is 4. The highest BCUT2D eigenvalue weighted by Crippen LogP contribution is 2.24. The predicted octanol–water partition coefficient (Wildman–Crippen LogP) is 2.63. The maximum Gasteiger partial charge on any atom is 0.182 e. The minimum absolute atomic E-state index is 0.0903. The van der Waals surface area contributed by atoms with Crippen LogP contribution in [0.2, 0.25) is 0 Å². The number of pyridine rings is 1. The van der Waals surface area contributed by atoms with Crippen LogP contribution in [0, 0.1) is 11.6 Å². The fourth-order valence-corrected chi connectivity index (χ4v) is 2.00. The van der Waals surface area contributed by atoms with Crippen LogP contribution in [0.3, 0.4) is 0 Å². The Balaban J connectivity index is 2.29. The number of benzene rings is 1. The first-order valence-electron chi connectivity index (χ1n) is 5.89. The molecule has 0 aliphatic rings. The number of nitrogens with zero attached hydrogens (tertiary/aromatic N) is 2. The third-order valence-corrected chi connectivity index (χ3v) is 3.08. The van der Waals surface area contributed by atoms with Gasteiger partial charge < -0.3 is 10.6 Å². The van der Waals surface area contributed by atoms with Crippen molar-refractivity contribution in [1.82, 2.24) is 4.98 Å². The number of nitrogens with two attached hydrogens (primary N) is 1. The van der Waals surface area contributed by atoms with Crippen molar-refractivity contribution in [2.75, 3.05) is 11.9 Å². The Morgan fingerprint density at radius 1 is 1.25 bits per heavy atom. The van der Waals surface area contributed by atoms with Gasteiger partial charge in [0.15, 0.2) is 11.6 Å². The number of halogens is 2. The SMILES string of the molecule is CN(Cc1ccccn1)c1ccc(C(N)=S)c(F)c1F. The summed E-state index contributed by atoms with van der Waals surface area (Å²) in [5.74, 6) is -1.99. The molecule has 2 N–H and O–H groups in total. The van der Waals surface area contributed by atoms with Crippen LogP contribution < -0.4 is 10.6 Å². The third-order valence-electron chi connectivity index (χ3n) is 2.86. The van der Waals surface area contributed by atoms with Crippen LogP contribution in [0.5, 0.6) is 0 Å². The van der Waals surface area contributed by atoms with Crippen LogP contribution in [0.4, 0.5) is 14.5 Å². The molecule has 20 heavy (non-hydrogen) atoms. The Kier molecular flexibility index (Phi) is 4.24. The fourth-order valence-electron chi connectivity index (χ4n) is 1.84. The number of hydrogen-bond acceptors (Lipinski definition) is 3. The summed E-state index contributed by atoms with van der Waals surface area (Å²) >= 11 is 4.67. The first-order valence-corrected chi connectivity index (χ1v) is 6.30. The number of anilines is 1. The summed E-state index contributed by atoms with van der Waals surface area (Å²) < 4.78 is 27.9. The van der Waals surface area contributed by atoms with E-state index in [4.69, 9.17) is 5.73 Å². The lowest BCUT2D eigenvalue weighted by Crippen LogP contribution is -2.20. The molecule has 3 nitrogen and oxygen atoms in total. The Morgan fingerprint density at radius 2 is 2.00 bits per heavy atom. The van der Waals surface area contributed by atoms with Gasteiger partial charge in [-0.1, -0.05) is 18.3 Å². The zero-order valence-corrected chi connectivity index (χ0v) is 11.6. The predicted molar refractivity (Wildman–Crippen MR) is 78.6 cm³/mol. The molecular weight excluding hydrogens is 280 g/mol. The van der Waals surface area contributed by atoms with Gasteiger partial charge >= 0.3 is 0 Å². The molecule has 1 aromatic carbocycles. The molecule has 0 saturated carbocycles.